The van der Waals surface area contributed by atoms with Gasteiger partial charge in [-0.05, 0) is 37.9 Å². The van der Waals surface area contributed by atoms with E-state index in [0.29, 0.717) is 29.2 Å². The lowest BCUT2D eigenvalue weighted by Gasteiger charge is -2.33. The van der Waals surface area contributed by atoms with E-state index in [9.17, 15) is 9.18 Å². The Morgan fingerprint density at radius 2 is 2.25 bits per heavy atom. The standard InChI is InChI=1S/C16H17ClFN5O/c17-13-15(23-6-3-10-8-19-4-2-11(10)23)21-14(22-16(13)24)9-1-5-20-12(18)7-9/h1,5,7,10-11,19H,2-4,6,8H2,(H,21,22,24). The second-order valence-corrected chi connectivity index (χ2v) is 6.60. The number of rotatable bonds is 2. The molecule has 2 saturated heterocycles. The van der Waals surface area contributed by atoms with Crippen molar-refractivity contribution < 1.29 is 4.39 Å². The molecule has 0 aromatic carbocycles. The Hall–Kier alpha value is -1.99. The third kappa shape index (κ3) is 2.67. The maximum absolute atomic E-state index is 13.4. The van der Waals surface area contributed by atoms with Crippen molar-refractivity contribution in [1.82, 2.24) is 20.3 Å². The van der Waals surface area contributed by atoms with Gasteiger partial charge in [0.05, 0.1) is 0 Å². The van der Waals surface area contributed by atoms with Crippen LogP contribution in [0.2, 0.25) is 5.02 Å². The summed E-state index contributed by atoms with van der Waals surface area (Å²) in [4.78, 5) is 25.1. The fraction of sp³-hybridized carbons (Fsp3) is 0.438. The van der Waals surface area contributed by atoms with Gasteiger partial charge in [-0.15, -0.1) is 0 Å². The predicted molar refractivity (Wildman–Crippen MR) is 89.8 cm³/mol. The van der Waals surface area contributed by atoms with Crippen molar-refractivity contribution in [2.75, 3.05) is 24.5 Å². The Kier molecular flexibility index (Phi) is 3.97. The van der Waals surface area contributed by atoms with Gasteiger partial charge in [-0.1, -0.05) is 11.6 Å². The van der Waals surface area contributed by atoms with E-state index in [0.717, 1.165) is 32.5 Å². The predicted octanol–water partition coefficient (Wildman–Crippen LogP) is 1.81. The topological polar surface area (TPSA) is 73.9 Å². The molecule has 2 aliphatic rings. The monoisotopic (exact) mass is 349 g/mol. The molecule has 2 N–H and O–H groups in total. The van der Waals surface area contributed by atoms with Gasteiger partial charge in [0.25, 0.3) is 5.56 Å². The number of anilines is 1. The highest BCUT2D eigenvalue weighted by Crippen LogP contribution is 2.35. The van der Waals surface area contributed by atoms with Gasteiger partial charge in [-0.3, -0.25) is 4.79 Å². The Balaban J connectivity index is 1.77. The van der Waals surface area contributed by atoms with E-state index in [2.05, 4.69) is 25.2 Å². The summed E-state index contributed by atoms with van der Waals surface area (Å²) in [5.74, 6) is 0.712. The fourth-order valence-corrected chi connectivity index (χ4v) is 3.87. The maximum atomic E-state index is 13.4. The van der Waals surface area contributed by atoms with E-state index in [1.54, 1.807) is 6.07 Å². The smallest absolute Gasteiger partial charge is 0.272 e. The lowest BCUT2D eigenvalue weighted by atomic mass is 9.94. The molecule has 2 atom stereocenters. The summed E-state index contributed by atoms with van der Waals surface area (Å²) in [7, 11) is 0. The highest BCUT2D eigenvalue weighted by molar-refractivity contribution is 6.32. The fourth-order valence-electron chi connectivity index (χ4n) is 3.67. The van der Waals surface area contributed by atoms with Crippen LogP contribution in [0.3, 0.4) is 0 Å². The van der Waals surface area contributed by atoms with Gasteiger partial charge in [0.15, 0.2) is 5.82 Å². The summed E-state index contributed by atoms with van der Waals surface area (Å²) >= 11 is 6.25. The number of nitrogens with zero attached hydrogens (tertiary/aromatic N) is 3. The van der Waals surface area contributed by atoms with Gasteiger partial charge in [0, 0.05) is 30.4 Å². The van der Waals surface area contributed by atoms with Crippen LogP contribution in [0, 0.1) is 11.9 Å². The second kappa shape index (κ2) is 6.14. The first-order valence-corrected chi connectivity index (χ1v) is 8.40. The van der Waals surface area contributed by atoms with Crippen LogP contribution in [0.1, 0.15) is 12.8 Å². The summed E-state index contributed by atoms with van der Waals surface area (Å²) in [5.41, 5.74) is 0.0600. The number of pyridine rings is 1. The molecule has 0 bridgehead atoms. The molecule has 2 aliphatic heterocycles. The molecular weight excluding hydrogens is 333 g/mol. The number of hydrogen-bond donors (Lipinski definition) is 2. The summed E-state index contributed by atoms with van der Waals surface area (Å²) in [6.45, 7) is 2.74. The van der Waals surface area contributed by atoms with Crippen molar-refractivity contribution >= 4 is 17.4 Å². The van der Waals surface area contributed by atoms with E-state index >= 15 is 0 Å². The molecule has 126 valence electrons. The van der Waals surface area contributed by atoms with Gasteiger partial charge in [-0.2, -0.15) is 4.39 Å². The molecule has 4 heterocycles. The molecule has 24 heavy (non-hydrogen) atoms. The second-order valence-electron chi connectivity index (χ2n) is 6.22. The van der Waals surface area contributed by atoms with E-state index < -0.39 is 11.5 Å². The van der Waals surface area contributed by atoms with E-state index in [1.165, 1.54) is 12.3 Å². The minimum Gasteiger partial charge on any atom is -0.352 e. The van der Waals surface area contributed by atoms with E-state index in [4.69, 9.17) is 11.6 Å². The summed E-state index contributed by atoms with van der Waals surface area (Å²) in [6, 6.07) is 3.18. The molecule has 0 saturated carbocycles. The van der Waals surface area contributed by atoms with Crippen LogP contribution < -0.4 is 15.8 Å². The van der Waals surface area contributed by atoms with Gasteiger partial charge in [0.2, 0.25) is 5.95 Å². The first-order valence-electron chi connectivity index (χ1n) is 8.02. The van der Waals surface area contributed by atoms with Gasteiger partial charge >= 0.3 is 0 Å². The SMILES string of the molecule is O=c1[nH]c(-c2ccnc(F)c2)nc(N2CCC3CNCCC32)c1Cl. The lowest BCUT2D eigenvalue weighted by molar-refractivity contribution is 0.360. The van der Waals surface area contributed by atoms with Crippen LogP contribution in [-0.4, -0.2) is 40.6 Å². The Morgan fingerprint density at radius 1 is 1.38 bits per heavy atom. The summed E-state index contributed by atoms with van der Waals surface area (Å²) in [6.07, 6.45) is 3.38. The van der Waals surface area contributed by atoms with Crippen molar-refractivity contribution in [3.8, 4) is 11.4 Å². The third-order valence-corrected chi connectivity index (χ3v) is 5.17. The van der Waals surface area contributed by atoms with Crippen LogP contribution in [-0.2, 0) is 0 Å². The Morgan fingerprint density at radius 3 is 3.08 bits per heavy atom. The van der Waals surface area contributed by atoms with Gasteiger partial charge in [0.1, 0.15) is 10.8 Å². The van der Waals surface area contributed by atoms with Crippen molar-refractivity contribution in [2.24, 2.45) is 5.92 Å². The van der Waals surface area contributed by atoms with Crippen LogP contribution >= 0.6 is 11.6 Å². The zero-order valence-electron chi connectivity index (χ0n) is 12.9. The molecule has 0 aliphatic carbocycles. The average molecular weight is 350 g/mol. The molecule has 2 fully saturated rings. The molecule has 2 aromatic rings. The number of aromatic nitrogens is 3. The zero-order valence-corrected chi connectivity index (χ0v) is 13.7. The average Bonchev–Trinajstić information content (AvgIpc) is 3.01. The lowest BCUT2D eigenvalue weighted by Crippen LogP contribution is -2.44. The van der Waals surface area contributed by atoms with Crippen molar-refractivity contribution in [3.63, 3.8) is 0 Å². The Labute approximate surface area is 143 Å². The number of piperidine rings is 1. The number of aromatic amines is 1. The maximum Gasteiger partial charge on any atom is 0.272 e. The number of hydrogen-bond acceptors (Lipinski definition) is 5. The first-order chi connectivity index (χ1) is 11.6. The molecule has 8 heteroatoms. The number of nitrogens with one attached hydrogen (secondary N) is 2. The van der Waals surface area contributed by atoms with E-state index in [-0.39, 0.29) is 5.02 Å². The normalized spacial score (nSPS) is 23.3. The minimum absolute atomic E-state index is 0.0902. The third-order valence-electron chi connectivity index (χ3n) is 4.83. The molecule has 6 nitrogen and oxygen atoms in total. The van der Waals surface area contributed by atoms with Crippen LogP contribution in [0.4, 0.5) is 10.2 Å². The highest BCUT2D eigenvalue weighted by atomic mass is 35.5. The first kappa shape index (κ1) is 15.5. The highest BCUT2D eigenvalue weighted by Gasteiger charge is 2.37. The van der Waals surface area contributed by atoms with Crippen molar-refractivity contribution in [2.45, 2.75) is 18.9 Å². The number of fused-ring (bicyclic) bond motifs is 1. The molecule has 2 aromatic heterocycles. The number of halogens is 2. The largest absolute Gasteiger partial charge is 0.352 e. The summed E-state index contributed by atoms with van der Waals surface area (Å²) < 4.78 is 13.4. The molecule has 0 spiro atoms. The van der Waals surface area contributed by atoms with Gasteiger partial charge < -0.3 is 15.2 Å². The van der Waals surface area contributed by atoms with Crippen molar-refractivity contribution in [3.05, 3.63) is 39.7 Å². The molecular formula is C16H17ClFN5O. The molecule has 2 unspecified atom stereocenters. The summed E-state index contributed by atoms with van der Waals surface area (Å²) in [5, 5.41) is 3.49. The Bertz CT molecular complexity index is 826. The zero-order chi connectivity index (χ0) is 16.7. The molecule has 0 amide bonds. The minimum atomic E-state index is -0.619. The number of H-pyrrole nitrogens is 1. The van der Waals surface area contributed by atoms with Crippen LogP contribution in [0.15, 0.2) is 23.1 Å². The van der Waals surface area contributed by atoms with Crippen LogP contribution in [0.25, 0.3) is 11.4 Å². The van der Waals surface area contributed by atoms with Crippen LogP contribution in [0.5, 0.6) is 0 Å². The van der Waals surface area contributed by atoms with Crippen molar-refractivity contribution in [1.29, 1.82) is 0 Å². The van der Waals surface area contributed by atoms with E-state index in [1.807, 2.05) is 0 Å². The van der Waals surface area contributed by atoms with Gasteiger partial charge in [-0.25, -0.2) is 9.97 Å². The quantitative estimate of drug-likeness (QED) is 0.809. The molecule has 4 rings (SSSR count). The molecule has 0 radical (unpaired) electrons.